The lowest BCUT2D eigenvalue weighted by molar-refractivity contribution is -0.114. The number of benzene rings is 2. The number of nitrogens with one attached hydrogen (secondary N) is 3. The van der Waals surface area contributed by atoms with Crippen LogP contribution in [0.15, 0.2) is 53.5 Å². The van der Waals surface area contributed by atoms with Crippen LogP contribution in [0.3, 0.4) is 0 Å². The van der Waals surface area contributed by atoms with E-state index in [1.807, 2.05) is 55.5 Å². The van der Waals surface area contributed by atoms with Gasteiger partial charge in [-0.1, -0.05) is 41.9 Å². The minimum Gasteiger partial charge on any atom is -0.357 e. The van der Waals surface area contributed by atoms with Gasteiger partial charge in [0.15, 0.2) is 5.96 Å². The summed E-state index contributed by atoms with van der Waals surface area (Å²) in [5.74, 6) is 0.671. The molecule has 0 saturated carbocycles. The van der Waals surface area contributed by atoms with E-state index in [9.17, 15) is 4.79 Å². The number of nitrogens with zero attached hydrogens (tertiary/aromatic N) is 1. The van der Waals surface area contributed by atoms with Gasteiger partial charge in [-0.15, -0.1) is 24.0 Å². The van der Waals surface area contributed by atoms with E-state index in [0.717, 1.165) is 47.3 Å². The van der Waals surface area contributed by atoms with Crippen LogP contribution in [0.1, 0.15) is 25.0 Å². The summed E-state index contributed by atoms with van der Waals surface area (Å²) in [7, 11) is 0. The topological polar surface area (TPSA) is 65.5 Å². The molecule has 0 aliphatic rings. The summed E-state index contributed by atoms with van der Waals surface area (Å²) in [6.07, 6.45) is 0.822. The van der Waals surface area contributed by atoms with Crippen molar-refractivity contribution in [3.05, 3.63) is 64.7 Å². The van der Waals surface area contributed by atoms with E-state index in [1.165, 1.54) is 6.92 Å². The highest BCUT2D eigenvalue weighted by molar-refractivity contribution is 14.0. The zero-order valence-corrected chi connectivity index (χ0v) is 18.7. The second-order valence-electron chi connectivity index (χ2n) is 5.84. The first kappa shape index (κ1) is 23.2. The highest BCUT2D eigenvalue weighted by Gasteiger charge is 2.02. The molecule has 0 spiro atoms. The maximum Gasteiger partial charge on any atom is 0.221 e. The van der Waals surface area contributed by atoms with Crippen LogP contribution in [0.2, 0.25) is 5.02 Å². The predicted octanol–water partition coefficient (Wildman–Crippen LogP) is 4.21. The van der Waals surface area contributed by atoms with Crippen LogP contribution in [0.5, 0.6) is 0 Å². The minimum absolute atomic E-state index is 0. The highest BCUT2D eigenvalue weighted by Crippen LogP contribution is 2.15. The lowest BCUT2D eigenvalue weighted by Crippen LogP contribution is -2.38. The molecule has 0 aliphatic heterocycles. The van der Waals surface area contributed by atoms with E-state index in [1.54, 1.807) is 0 Å². The Bertz CT molecular complexity index is 767. The third-order valence-corrected chi connectivity index (χ3v) is 4.02. The van der Waals surface area contributed by atoms with Crippen LogP contribution in [-0.2, 0) is 17.8 Å². The molecule has 0 saturated heterocycles. The molecule has 0 fully saturated rings. The Morgan fingerprint density at radius 1 is 1.11 bits per heavy atom. The van der Waals surface area contributed by atoms with E-state index in [0.29, 0.717) is 6.54 Å². The molecule has 0 unspecified atom stereocenters. The molecule has 2 rings (SSSR count). The normalized spacial score (nSPS) is 10.7. The van der Waals surface area contributed by atoms with Gasteiger partial charge >= 0.3 is 0 Å². The fourth-order valence-electron chi connectivity index (χ4n) is 2.48. The number of hydrogen-bond acceptors (Lipinski definition) is 2. The Kier molecular flexibility index (Phi) is 10.8. The van der Waals surface area contributed by atoms with Crippen molar-refractivity contribution in [1.29, 1.82) is 0 Å². The van der Waals surface area contributed by atoms with Crippen LogP contribution < -0.4 is 16.0 Å². The minimum atomic E-state index is -0.0831. The molecule has 0 radical (unpaired) electrons. The largest absolute Gasteiger partial charge is 0.357 e. The van der Waals surface area contributed by atoms with E-state index < -0.39 is 0 Å². The lowest BCUT2D eigenvalue weighted by Gasteiger charge is -2.12. The van der Waals surface area contributed by atoms with Crippen molar-refractivity contribution in [2.45, 2.75) is 26.8 Å². The lowest BCUT2D eigenvalue weighted by atomic mass is 10.1. The number of halogens is 2. The maximum absolute atomic E-state index is 11.2. The van der Waals surface area contributed by atoms with Crippen LogP contribution in [0.4, 0.5) is 5.69 Å². The number of hydrogen-bond donors (Lipinski definition) is 3. The van der Waals surface area contributed by atoms with Gasteiger partial charge in [0.2, 0.25) is 5.91 Å². The summed E-state index contributed by atoms with van der Waals surface area (Å²) < 4.78 is 0. The number of guanidine groups is 1. The highest BCUT2D eigenvalue weighted by atomic mass is 127. The Hall–Kier alpha value is -1.80. The van der Waals surface area contributed by atoms with E-state index in [-0.39, 0.29) is 29.9 Å². The predicted molar refractivity (Wildman–Crippen MR) is 124 cm³/mol. The molecule has 0 bridgehead atoms. The molecule has 5 nitrogen and oxygen atoms in total. The molecule has 0 heterocycles. The number of anilines is 1. The zero-order valence-electron chi connectivity index (χ0n) is 15.6. The number of aliphatic imine (C=N–C) groups is 1. The Labute approximate surface area is 183 Å². The second-order valence-corrected chi connectivity index (χ2v) is 6.25. The SMILES string of the molecule is CCNC(=NCc1cccc(NC(C)=O)c1)NCCc1ccccc1Cl.I. The third kappa shape index (κ3) is 8.62. The maximum atomic E-state index is 11.2. The number of carbonyl (C=O) groups is 1. The molecule has 7 heteroatoms. The van der Waals surface area contributed by atoms with Crippen molar-refractivity contribution >= 4 is 53.1 Å². The molecule has 2 aromatic carbocycles. The standard InChI is InChI=1S/C20H25ClN4O.HI/c1-3-22-20(23-12-11-17-8-4-5-10-19(17)21)24-14-16-7-6-9-18(13-16)25-15(2)26;/h4-10,13H,3,11-12,14H2,1-2H3,(H,25,26)(H2,22,23,24);1H. The van der Waals surface area contributed by atoms with Gasteiger partial charge in [0.1, 0.15) is 0 Å². The molecule has 2 aromatic rings. The summed E-state index contributed by atoms with van der Waals surface area (Å²) in [4.78, 5) is 15.8. The van der Waals surface area contributed by atoms with Crippen molar-refractivity contribution in [1.82, 2.24) is 10.6 Å². The first-order chi connectivity index (χ1) is 12.6. The molecular formula is C20H26ClIN4O. The van der Waals surface area contributed by atoms with Gasteiger partial charge < -0.3 is 16.0 Å². The summed E-state index contributed by atoms with van der Waals surface area (Å²) in [6.45, 7) is 5.57. The first-order valence-electron chi connectivity index (χ1n) is 8.70. The summed E-state index contributed by atoms with van der Waals surface area (Å²) >= 11 is 6.19. The van der Waals surface area contributed by atoms with Crippen molar-refractivity contribution in [3.8, 4) is 0 Å². The molecule has 146 valence electrons. The van der Waals surface area contributed by atoms with Gasteiger partial charge in [-0.05, 0) is 42.7 Å². The average Bonchev–Trinajstić information content (AvgIpc) is 2.61. The van der Waals surface area contributed by atoms with Crippen LogP contribution in [-0.4, -0.2) is 25.0 Å². The van der Waals surface area contributed by atoms with Gasteiger partial charge in [-0.2, -0.15) is 0 Å². The smallest absolute Gasteiger partial charge is 0.221 e. The fraction of sp³-hybridized carbons (Fsp3) is 0.300. The third-order valence-electron chi connectivity index (χ3n) is 3.66. The Morgan fingerprint density at radius 2 is 1.89 bits per heavy atom. The van der Waals surface area contributed by atoms with E-state index >= 15 is 0 Å². The quantitative estimate of drug-likeness (QED) is 0.303. The zero-order chi connectivity index (χ0) is 18.8. The van der Waals surface area contributed by atoms with E-state index in [2.05, 4.69) is 20.9 Å². The second kappa shape index (κ2) is 12.6. The van der Waals surface area contributed by atoms with Crippen molar-refractivity contribution < 1.29 is 4.79 Å². The Morgan fingerprint density at radius 3 is 2.59 bits per heavy atom. The average molecular weight is 501 g/mol. The number of rotatable bonds is 7. The van der Waals surface area contributed by atoms with Crippen molar-refractivity contribution in [3.63, 3.8) is 0 Å². The first-order valence-corrected chi connectivity index (χ1v) is 9.08. The van der Waals surface area contributed by atoms with Gasteiger partial charge in [0.25, 0.3) is 0 Å². The Balaban J connectivity index is 0.00000364. The summed E-state index contributed by atoms with van der Waals surface area (Å²) in [5, 5.41) is 10.1. The summed E-state index contributed by atoms with van der Waals surface area (Å²) in [5.41, 5.74) is 2.92. The van der Waals surface area contributed by atoms with Crippen LogP contribution in [0, 0.1) is 0 Å². The van der Waals surface area contributed by atoms with Crippen molar-refractivity contribution in [2.24, 2.45) is 4.99 Å². The summed E-state index contributed by atoms with van der Waals surface area (Å²) in [6, 6.07) is 15.5. The molecular weight excluding hydrogens is 475 g/mol. The van der Waals surface area contributed by atoms with Crippen LogP contribution >= 0.6 is 35.6 Å². The van der Waals surface area contributed by atoms with Crippen LogP contribution in [0.25, 0.3) is 0 Å². The number of carbonyl (C=O) groups excluding carboxylic acids is 1. The van der Waals surface area contributed by atoms with E-state index in [4.69, 9.17) is 11.6 Å². The monoisotopic (exact) mass is 500 g/mol. The van der Waals surface area contributed by atoms with Gasteiger partial charge in [0.05, 0.1) is 6.54 Å². The van der Waals surface area contributed by atoms with Gasteiger partial charge in [-0.3, -0.25) is 4.79 Å². The molecule has 0 atom stereocenters. The van der Waals surface area contributed by atoms with Crippen molar-refractivity contribution in [2.75, 3.05) is 18.4 Å². The van der Waals surface area contributed by atoms with Gasteiger partial charge in [-0.25, -0.2) is 4.99 Å². The molecule has 0 aliphatic carbocycles. The molecule has 1 amide bonds. The fourth-order valence-corrected chi connectivity index (χ4v) is 2.71. The van der Waals surface area contributed by atoms with Gasteiger partial charge in [0, 0.05) is 30.7 Å². The molecule has 0 aromatic heterocycles. The number of amides is 1. The molecule has 3 N–H and O–H groups in total. The molecule has 27 heavy (non-hydrogen) atoms.